The maximum atomic E-state index is 12.2. The molecule has 1 aliphatic heterocycles. The van der Waals surface area contributed by atoms with Crippen LogP contribution in [0.5, 0.6) is 0 Å². The molecule has 0 aliphatic carbocycles. The van der Waals surface area contributed by atoms with Gasteiger partial charge in [-0.3, -0.25) is 9.59 Å². The zero-order valence-corrected chi connectivity index (χ0v) is 12.5. The number of morpholine rings is 1. The van der Waals surface area contributed by atoms with Crippen LogP contribution in [0.2, 0.25) is 5.02 Å². The molecular weight excluding hydrogens is 294 g/mol. The van der Waals surface area contributed by atoms with Crippen LogP contribution in [0.15, 0.2) is 18.2 Å². The number of nitrogen functional groups attached to an aromatic ring is 1. The standard InChI is InChI=1S/C14H18ClN3O3/c1-9(14(20)18-4-6-21-7-5-18)17-13(19)10-2-3-11(15)12(16)8-10/h2-3,8-9H,4-7,16H2,1H3,(H,17,19). The average Bonchev–Trinajstić information content (AvgIpc) is 2.50. The van der Waals surface area contributed by atoms with E-state index in [0.29, 0.717) is 42.6 Å². The number of nitrogens with two attached hydrogens (primary N) is 1. The summed E-state index contributed by atoms with van der Waals surface area (Å²) in [6.45, 7) is 3.81. The van der Waals surface area contributed by atoms with Crippen molar-refractivity contribution in [1.82, 2.24) is 10.2 Å². The predicted molar refractivity (Wildman–Crippen MR) is 80.2 cm³/mol. The van der Waals surface area contributed by atoms with E-state index in [9.17, 15) is 9.59 Å². The van der Waals surface area contributed by atoms with Gasteiger partial charge in [-0.25, -0.2) is 0 Å². The molecule has 1 aromatic carbocycles. The maximum absolute atomic E-state index is 12.2. The summed E-state index contributed by atoms with van der Waals surface area (Å²) in [6, 6.07) is 4.01. The number of anilines is 1. The third-order valence-corrected chi connectivity index (χ3v) is 3.64. The SMILES string of the molecule is CC(NC(=O)c1ccc(Cl)c(N)c1)C(=O)N1CCOCC1. The van der Waals surface area contributed by atoms with Crippen molar-refractivity contribution in [2.45, 2.75) is 13.0 Å². The first-order valence-corrected chi connectivity index (χ1v) is 7.09. The highest BCUT2D eigenvalue weighted by molar-refractivity contribution is 6.33. The number of halogens is 1. The highest BCUT2D eigenvalue weighted by Gasteiger charge is 2.24. The zero-order valence-electron chi connectivity index (χ0n) is 11.8. The van der Waals surface area contributed by atoms with E-state index < -0.39 is 6.04 Å². The monoisotopic (exact) mass is 311 g/mol. The molecule has 3 N–H and O–H groups in total. The number of hydrogen-bond donors (Lipinski definition) is 2. The molecule has 1 aromatic rings. The van der Waals surface area contributed by atoms with Crippen molar-refractivity contribution in [2.75, 3.05) is 32.0 Å². The van der Waals surface area contributed by atoms with Crippen LogP contribution in [-0.4, -0.2) is 49.1 Å². The topological polar surface area (TPSA) is 84.7 Å². The number of rotatable bonds is 3. The molecule has 0 radical (unpaired) electrons. The highest BCUT2D eigenvalue weighted by Crippen LogP contribution is 2.19. The minimum atomic E-state index is -0.604. The molecule has 114 valence electrons. The Hall–Kier alpha value is -1.79. The van der Waals surface area contributed by atoms with Crippen molar-refractivity contribution < 1.29 is 14.3 Å². The van der Waals surface area contributed by atoms with Gasteiger partial charge >= 0.3 is 0 Å². The van der Waals surface area contributed by atoms with Crippen LogP contribution in [0.1, 0.15) is 17.3 Å². The molecule has 0 saturated carbocycles. The van der Waals surface area contributed by atoms with Crippen molar-refractivity contribution >= 4 is 29.1 Å². The van der Waals surface area contributed by atoms with Crippen molar-refractivity contribution in [3.05, 3.63) is 28.8 Å². The lowest BCUT2D eigenvalue weighted by atomic mass is 10.1. The van der Waals surface area contributed by atoms with Crippen LogP contribution >= 0.6 is 11.6 Å². The van der Waals surface area contributed by atoms with Crippen LogP contribution in [-0.2, 0) is 9.53 Å². The zero-order chi connectivity index (χ0) is 15.4. The largest absolute Gasteiger partial charge is 0.398 e. The molecule has 1 heterocycles. The first-order chi connectivity index (χ1) is 9.99. The minimum Gasteiger partial charge on any atom is -0.398 e. The van der Waals surface area contributed by atoms with Gasteiger partial charge in [-0.1, -0.05) is 11.6 Å². The predicted octanol–water partition coefficient (Wildman–Crippen LogP) is 0.899. The van der Waals surface area contributed by atoms with Gasteiger partial charge in [0.05, 0.1) is 23.9 Å². The van der Waals surface area contributed by atoms with Crippen LogP contribution < -0.4 is 11.1 Å². The van der Waals surface area contributed by atoms with Crippen molar-refractivity contribution in [3.8, 4) is 0 Å². The molecule has 2 rings (SSSR count). The summed E-state index contributed by atoms with van der Waals surface area (Å²) >= 11 is 5.81. The first kappa shape index (κ1) is 15.6. The van der Waals surface area contributed by atoms with Gasteiger partial charge in [-0.2, -0.15) is 0 Å². The van der Waals surface area contributed by atoms with Gasteiger partial charge in [0.1, 0.15) is 6.04 Å². The number of nitrogens with zero attached hydrogens (tertiary/aromatic N) is 1. The third kappa shape index (κ3) is 3.86. The lowest BCUT2D eigenvalue weighted by molar-refractivity contribution is -0.136. The summed E-state index contributed by atoms with van der Waals surface area (Å²) in [5.74, 6) is -0.471. The summed E-state index contributed by atoms with van der Waals surface area (Å²) in [6.07, 6.45) is 0. The fraction of sp³-hybridized carbons (Fsp3) is 0.429. The fourth-order valence-corrected chi connectivity index (χ4v) is 2.20. The van der Waals surface area contributed by atoms with E-state index in [1.807, 2.05) is 0 Å². The number of ether oxygens (including phenoxy) is 1. The first-order valence-electron chi connectivity index (χ1n) is 6.71. The van der Waals surface area contributed by atoms with Crippen LogP contribution in [0.25, 0.3) is 0 Å². The number of hydrogen-bond acceptors (Lipinski definition) is 4. The Morgan fingerprint density at radius 1 is 1.38 bits per heavy atom. The fourth-order valence-electron chi connectivity index (χ4n) is 2.08. The smallest absolute Gasteiger partial charge is 0.251 e. The Morgan fingerprint density at radius 3 is 2.67 bits per heavy atom. The molecular formula is C14H18ClN3O3. The van der Waals surface area contributed by atoms with E-state index in [4.69, 9.17) is 22.1 Å². The van der Waals surface area contributed by atoms with Gasteiger partial charge in [0.15, 0.2) is 0 Å². The second-order valence-corrected chi connectivity index (χ2v) is 5.28. The van der Waals surface area contributed by atoms with Gasteiger partial charge < -0.3 is 20.7 Å². The van der Waals surface area contributed by atoms with Gasteiger partial charge in [0.2, 0.25) is 5.91 Å². The molecule has 1 saturated heterocycles. The summed E-state index contributed by atoms with van der Waals surface area (Å²) in [5, 5.41) is 3.06. The van der Waals surface area contributed by atoms with Crippen molar-refractivity contribution in [1.29, 1.82) is 0 Å². The summed E-state index contributed by atoms with van der Waals surface area (Å²) in [4.78, 5) is 26.0. The Balaban J connectivity index is 1.97. The third-order valence-electron chi connectivity index (χ3n) is 3.30. The van der Waals surface area contributed by atoms with E-state index in [1.165, 1.54) is 6.07 Å². The quantitative estimate of drug-likeness (QED) is 0.812. The van der Waals surface area contributed by atoms with E-state index >= 15 is 0 Å². The molecule has 1 unspecified atom stereocenters. The molecule has 0 bridgehead atoms. The van der Waals surface area contributed by atoms with Crippen LogP contribution in [0.3, 0.4) is 0 Å². The second kappa shape index (κ2) is 6.78. The van der Waals surface area contributed by atoms with Crippen molar-refractivity contribution in [2.24, 2.45) is 0 Å². The van der Waals surface area contributed by atoms with Gasteiger partial charge in [0.25, 0.3) is 5.91 Å². The molecule has 1 fully saturated rings. The second-order valence-electron chi connectivity index (χ2n) is 4.87. The number of benzene rings is 1. The molecule has 7 heteroatoms. The molecule has 6 nitrogen and oxygen atoms in total. The summed E-state index contributed by atoms with van der Waals surface area (Å²) < 4.78 is 5.20. The molecule has 2 amide bonds. The number of carbonyl (C=O) groups excluding carboxylic acids is 2. The summed E-state index contributed by atoms with van der Waals surface area (Å²) in [5.41, 5.74) is 6.37. The lowest BCUT2D eigenvalue weighted by Crippen LogP contribution is -2.50. The number of carbonyl (C=O) groups is 2. The molecule has 1 aliphatic rings. The van der Waals surface area contributed by atoms with Crippen LogP contribution in [0.4, 0.5) is 5.69 Å². The van der Waals surface area contributed by atoms with Gasteiger partial charge in [-0.05, 0) is 25.1 Å². The van der Waals surface area contributed by atoms with Gasteiger partial charge in [-0.15, -0.1) is 0 Å². The molecule has 0 aromatic heterocycles. The Kier molecular flexibility index (Phi) is 5.03. The molecule has 1 atom stereocenters. The van der Waals surface area contributed by atoms with E-state index in [2.05, 4.69) is 5.32 Å². The number of nitrogens with one attached hydrogen (secondary N) is 1. The summed E-state index contributed by atoms with van der Waals surface area (Å²) in [7, 11) is 0. The Morgan fingerprint density at radius 2 is 2.05 bits per heavy atom. The lowest BCUT2D eigenvalue weighted by Gasteiger charge is -2.29. The molecule has 21 heavy (non-hydrogen) atoms. The van der Waals surface area contributed by atoms with Crippen molar-refractivity contribution in [3.63, 3.8) is 0 Å². The van der Waals surface area contributed by atoms with E-state index in [0.717, 1.165) is 0 Å². The maximum Gasteiger partial charge on any atom is 0.251 e. The number of amides is 2. The van der Waals surface area contributed by atoms with Gasteiger partial charge in [0, 0.05) is 18.7 Å². The Bertz CT molecular complexity index is 544. The Labute approximate surface area is 128 Å². The minimum absolute atomic E-state index is 0.117. The van der Waals surface area contributed by atoms with E-state index in [1.54, 1.807) is 24.0 Å². The van der Waals surface area contributed by atoms with E-state index in [-0.39, 0.29) is 11.8 Å². The average molecular weight is 312 g/mol. The normalized spacial score (nSPS) is 16.4. The highest BCUT2D eigenvalue weighted by atomic mass is 35.5. The molecule has 0 spiro atoms. The van der Waals surface area contributed by atoms with Crippen LogP contribution in [0, 0.1) is 0 Å².